The second-order valence-corrected chi connectivity index (χ2v) is 3.00. The van der Waals surface area contributed by atoms with Gasteiger partial charge >= 0.3 is 0 Å². The Hall–Kier alpha value is -0.610. The summed E-state index contributed by atoms with van der Waals surface area (Å²) >= 11 is 0. The fourth-order valence-corrected chi connectivity index (χ4v) is 1.24. The van der Waals surface area contributed by atoms with Crippen LogP contribution in [0.4, 0.5) is 0 Å². The fourth-order valence-electron chi connectivity index (χ4n) is 1.24. The molecule has 1 saturated heterocycles. The number of nitrogens with zero attached hydrogens (tertiary/aromatic N) is 1. The molecule has 0 bridgehead atoms. The third-order valence-corrected chi connectivity index (χ3v) is 2.11. The number of likely N-dealkylation sites (tertiary alicyclic amines) is 1. The van der Waals surface area contributed by atoms with E-state index in [0.29, 0.717) is 0 Å². The first-order valence-electron chi connectivity index (χ1n) is 3.86. The summed E-state index contributed by atoms with van der Waals surface area (Å²) in [5.41, 5.74) is 5.57. The van der Waals surface area contributed by atoms with Crippen LogP contribution in [-0.2, 0) is 4.79 Å². The molecule has 1 rings (SSSR count). The molecular formula is C7H15N3O. The summed E-state index contributed by atoms with van der Waals surface area (Å²) in [5, 5.41) is 2.61. The normalized spacial score (nSPS) is 22.5. The summed E-state index contributed by atoms with van der Waals surface area (Å²) in [6, 6.07) is 0.238. The zero-order valence-corrected chi connectivity index (χ0v) is 7.00. The van der Waals surface area contributed by atoms with Crippen LogP contribution in [0.5, 0.6) is 0 Å². The second-order valence-electron chi connectivity index (χ2n) is 3.00. The maximum absolute atomic E-state index is 11.1. The van der Waals surface area contributed by atoms with Crippen LogP contribution < -0.4 is 11.1 Å². The summed E-state index contributed by atoms with van der Waals surface area (Å²) in [7, 11) is 1.65. The average Bonchev–Trinajstić information content (AvgIpc) is 1.96. The highest BCUT2D eigenvalue weighted by Gasteiger charge is 2.30. The van der Waals surface area contributed by atoms with E-state index in [1.165, 1.54) is 0 Å². The number of amides is 1. The molecule has 11 heavy (non-hydrogen) atoms. The highest BCUT2D eigenvalue weighted by molar-refractivity contribution is 5.81. The van der Waals surface area contributed by atoms with Crippen molar-refractivity contribution in [2.24, 2.45) is 5.73 Å². The Labute approximate surface area is 66.7 Å². The largest absolute Gasteiger partial charge is 0.358 e. The van der Waals surface area contributed by atoms with Gasteiger partial charge in [-0.1, -0.05) is 0 Å². The first-order chi connectivity index (χ1) is 5.15. The van der Waals surface area contributed by atoms with Gasteiger partial charge in [0.2, 0.25) is 5.91 Å². The van der Waals surface area contributed by atoms with Gasteiger partial charge in [0.25, 0.3) is 0 Å². The average molecular weight is 157 g/mol. The molecule has 4 heteroatoms. The van der Waals surface area contributed by atoms with Crippen LogP contribution in [-0.4, -0.2) is 43.0 Å². The third-order valence-electron chi connectivity index (χ3n) is 2.11. The van der Waals surface area contributed by atoms with Gasteiger partial charge in [-0.15, -0.1) is 0 Å². The van der Waals surface area contributed by atoms with E-state index in [1.807, 2.05) is 6.92 Å². The van der Waals surface area contributed by atoms with Gasteiger partial charge in [0, 0.05) is 26.2 Å². The minimum absolute atomic E-state index is 0.0280. The number of hydrogen-bond acceptors (Lipinski definition) is 3. The van der Waals surface area contributed by atoms with Gasteiger partial charge in [-0.05, 0) is 6.92 Å². The summed E-state index contributed by atoms with van der Waals surface area (Å²) in [5.74, 6) is 0.0666. The first-order valence-corrected chi connectivity index (χ1v) is 3.86. The quantitative estimate of drug-likeness (QED) is 0.527. The summed E-state index contributed by atoms with van der Waals surface area (Å²) in [6.45, 7) is 3.58. The van der Waals surface area contributed by atoms with Crippen molar-refractivity contribution < 1.29 is 4.79 Å². The SMILES string of the molecule is CNC(=O)C(C)N1CC(N)C1. The third kappa shape index (κ3) is 1.70. The Morgan fingerprint density at radius 3 is 2.64 bits per heavy atom. The standard InChI is InChI=1S/C7H15N3O/c1-5(7(11)9-2)10-3-6(8)4-10/h5-6H,3-4,8H2,1-2H3,(H,9,11). The Bertz CT molecular complexity index is 154. The molecule has 4 nitrogen and oxygen atoms in total. The van der Waals surface area contributed by atoms with Crippen LogP contribution >= 0.6 is 0 Å². The molecule has 0 saturated carbocycles. The first kappa shape index (κ1) is 8.49. The molecule has 1 fully saturated rings. The van der Waals surface area contributed by atoms with Gasteiger partial charge < -0.3 is 11.1 Å². The van der Waals surface area contributed by atoms with E-state index in [2.05, 4.69) is 10.2 Å². The Kier molecular flexibility index (Phi) is 2.46. The molecule has 1 heterocycles. The van der Waals surface area contributed by atoms with Crippen LogP contribution in [0.25, 0.3) is 0 Å². The Balaban J connectivity index is 2.31. The number of rotatable bonds is 2. The molecule has 3 N–H and O–H groups in total. The van der Waals surface area contributed by atoms with Crippen LogP contribution in [0.1, 0.15) is 6.92 Å². The van der Waals surface area contributed by atoms with E-state index in [-0.39, 0.29) is 18.0 Å². The van der Waals surface area contributed by atoms with Crippen LogP contribution in [0.2, 0.25) is 0 Å². The number of nitrogens with two attached hydrogens (primary N) is 1. The zero-order chi connectivity index (χ0) is 8.43. The Morgan fingerprint density at radius 1 is 1.73 bits per heavy atom. The molecule has 0 radical (unpaired) electrons. The lowest BCUT2D eigenvalue weighted by atomic mass is 10.1. The van der Waals surface area contributed by atoms with Gasteiger partial charge in [-0.2, -0.15) is 0 Å². The predicted octanol–water partition coefficient (Wildman–Crippen LogP) is -1.24. The highest BCUT2D eigenvalue weighted by atomic mass is 16.2. The van der Waals surface area contributed by atoms with E-state index < -0.39 is 0 Å². The molecule has 1 aliphatic heterocycles. The number of carbonyl (C=O) groups excluding carboxylic acids is 1. The van der Waals surface area contributed by atoms with Gasteiger partial charge in [0.05, 0.1) is 6.04 Å². The van der Waals surface area contributed by atoms with Crippen molar-refractivity contribution in [3.8, 4) is 0 Å². The number of nitrogens with one attached hydrogen (secondary N) is 1. The minimum atomic E-state index is -0.0280. The number of carbonyl (C=O) groups is 1. The molecule has 64 valence electrons. The van der Waals surface area contributed by atoms with Crippen molar-refractivity contribution in [1.82, 2.24) is 10.2 Å². The smallest absolute Gasteiger partial charge is 0.236 e. The summed E-state index contributed by atoms with van der Waals surface area (Å²) in [6.07, 6.45) is 0. The van der Waals surface area contributed by atoms with Crippen molar-refractivity contribution in [2.75, 3.05) is 20.1 Å². The zero-order valence-electron chi connectivity index (χ0n) is 7.00. The Morgan fingerprint density at radius 2 is 2.27 bits per heavy atom. The molecule has 0 aromatic rings. The molecule has 1 amide bonds. The molecule has 1 unspecified atom stereocenters. The fraction of sp³-hybridized carbons (Fsp3) is 0.857. The van der Waals surface area contributed by atoms with Crippen molar-refractivity contribution in [2.45, 2.75) is 19.0 Å². The maximum atomic E-state index is 11.1. The van der Waals surface area contributed by atoms with Crippen LogP contribution in [0.3, 0.4) is 0 Å². The molecule has 1 aliphatic rings. The molecular weight excluding hydrogens is 142 g/mol. The molecule has 0 aromatic carbocycles. The van der Waals surface area contributed by atoms with E-state index in [0.717, 1.165) is 13.1 Å². The monoisotopic (exact) mass is 157 g/mol. The predicted molar refractivity (Wildman–Crippen MR) is 43.1 cm³/mol. The van der Waals surface area contributed by atoms with Gasteiger partial charge in [-0.25, -0.2) is 0 Å². The number of hydrogen-bond donors (Lipinski definition) is 2. The summed E-state index contributed by atoms with van der Waals surface area (Å²) in [4.78, 5) is 13.1. The van der Waals surface area contributed by atoms with Crippen molar-refractivity contribution in [3.63, 3.8) is 0 Å². The number of likely N-dealkylation sites (N-methyl/N-ethyl adjacent to an activating group) is 1. The van der Waals surface area contributed by atoms with Gasteiger partial charge in [0.15, 0.2) is 0 Å². The lowest BCUT2D eigenvalue weighted by Gasteiger charge is -2.40. The lowest BCUT2D eigenvalue weighted by Crippen LogP contribution is -2.61. The second kappa shape index (κ2) is 3.19. The van der Waals surface area contributed by atoms with Crippen molar-refractivity contribution >= 4 is 5.91 Å². The molecule has 0 aromatic heterocycles. The molecule has 0 spiro atoms. The minimum Gasteiger partial charge on any atom is -0.358 e. The van der Waals surface area contributed by atoms with E-state index in [9.17, 15) is 4.79 Å². The van der Waals surface area contributed by atoms with E-state index >= 15 is 0 Å². The van der Waals surface area contributed by atoms with E-state index in [4.69, 9.17) is 5.73 Å². The van der Waals surface area contributed by atoms with Gasteiger partial charge in [-0.3, -0.25) is 9.69 Å². The highest BCUT2D eigenvalue weighted by Crippen LogP contribution is 2.09. The topological polar surface area (TPSA) is 58.4 Å². The van der Waals surface area contributed by atoms with Crippen LogP contribution in [0, 0.1) is 0 Å². The maximum Gasteiger partial charge on any atom is 0.236 e. The summed E-state index contributed by atoms with van der Waals surface area (Å²) < 4.78 is 0. The van der Waals surface area contributed by atoms with Crippen molar-refractivity contribution in [3.05, 3.63) is 0 Å². The van der Waals surface area contributed by atoms with Gasteiger partial charge in [0.1, 0.15) is 0 Å². The van der Waals surface area contributed by atoms with E-state index in [1.54, 1.807) is 7.05 Å². The van der Waals surface area contributed by atoms with Crippen molar-refractivity contribution in [1.29, 1.82) is 0 Å². The molecule has 0 aliphatic carbocycles. The van der Waals surface area contributed by atoms with Crippen LogP contribution in [0.15, 0.2) is 0 Å². The molecule has 1 atom stereocenters. The lowest BCUT2D eigenvalue weighted by molar-refractivity contribution is -0.127.